The van der Waals surface area contributed by atoms with Gasteiger partial charge in [-0.05, 0) is 66.6 Å². The van der Waals surface area contributed by atoms with E-state index in [0.717, 1.165) is 11.3 Å². The van der Waals surface area contributed by atoms with E-state index in [1.807, 2.05) is 6.92 Å². The van der Waals surface area contributed by atoms with E-state index in [-0.39, 0.29) is 22.9 Å². The normalized spacial score (nSPS) is 18.8. The summed E-state index contributed by atoms with van der Waals surface area (Å²) in [7, 11) is 1.41. The number of anilines is 2. The van der Waals surface area contributed by atoms with Gasteiger partial charge in [0.1, 0.15) is 11.7 Å². The van der Waals surface area contributed by atoms with E-state index in [0.29, 0.717) is 29.2 Å². The van der Waals surface area contributed by atoms with Crippen molar-refractivity contribution in [2.75, 3.05) is 23.7 Å². The molecule has 2 fully saturated rings. The van der Waals surface area contributed by atoms with Gasteiger partial charge in [0.15, 0.2) is 17.6 Å². The van der Waals surface area contributed by atoms with Crippen LogP contribution in [0.25, 0.3) is 0 Å². The maximum Gasteiger partial charge on any atom is 0.343 e. The number of fused-ring (bicyclic) bond motifs is 1. The minimum atomic E-state index is -1.21. The first-order valence-electron chi connectivity index (χ1n) is 14.6. The predicted octanol–water partition coefficient (Wildman–Crippen LogP) is 5.66. The molecule has 0 bridgehead atoms. The number of hydrogen-bond acceptors (Lipinski definition) is 10. The van der Waals surface area contributed by atoms with Crippen molar-refractivity contribution in [1.29, 1.82) is 0 Å². The van der Waals surface area contributed by atoms with Crippen LogP contribution < -0.4 is 24.2 Å². The molecule has 4 aromatic carbocycles. The number of non-ortho nitro benzene ring substituents is 1. The largest absolute Gasteiger partial charge is 0.494 e. The number of esters is 1. The first-order chi connectivity index (χ1) is 22.3. The van der Waals surface area contributed by atoms with Crippen molar-refractivity contribution in [3.63, 3.8) is 0 Å². The lowest BCUT2D eigenvalue weighted by Crippen LogP contribution is -2.37. The molecule has 0 radical (unpaired) electrons. The van der Waals surface area contributed by atoms with Crippen LogP contribution in [0, 0.1) is 16.0 Å². The Morgan fingerprint density at radius 1 is 0.891 bits per heavy atom. The number of carbonyl (C=O) groups excluding carboxylic acids is 3. The molecule has 12 nitrogen and oxygen atoms in total. The summed E-state index contributed by atoms with van der Waals surface area (Å²) in [6.07, 6.45) is -0.385. The van der Waals surface area contributed by atoms with E-state index < -0.39 is 40.8 Å². The van der Waals surface area contributed by atoms with E-state index >= 15 is 0 Å². The molecular formula is C34H29N3O9. The Morgan fingerprint density at radius 2 is 1.65 bits per heavy atom. The third kappa shape index (κ3) is 5.61. The topological polar surface area (TPSA) is 138 Å². The Kier molecular flexibility index (Phi) is 8.36. The highest BCUT2D eigenvalue weighted by molar-refractivity contribution is 6.24. The fourth-order valence-electron chi connectivity index (χ4n) is 5.57. The van der Waals surface area contributed by atoms with Crippen LogP contribution in [0.5, 0.6) is 17.2 Å². The fraction of sp³-hybridized carbons (Fsp3) is 0.206. The number of nitro benzene ring substituents is 1. The minimum Gasteiger partial charge on any atom is -0.494 e. The van der Waals surface area contributed by atoms with E-state index in [9.17, 15) is 24.5 Å². The van der Waals surface area contributed by atoms with Gasteiger partial charge in [0.2, 0.25) is 5.91 Å². The molecular weight excluding hydrogens is 594 g/mol. The quantitative estimate of drug-likeness (QED) is 0.0715. The van der Waals surface area contributed by atoms with Gasteiger partial charge in [-0.2, -0.15) is 0 Å². The second-order valence-electron chi connectivity index (χ2n) is 10.6. The van der Waals surface area contributed by atoms with Crippen LogP contribution in [0.15, 0.2) is 97.1 Å². The molecule has 2 aliphatic heterocycles. The van der Waals surface area contributed by atoms with Gasteiger partial charge in [0.25, 0.3) is 11.6 Å². The van der Waals surface area contributed by atoms with Crippen LogP contribution >= 0.6 is 0 Å². The summed E-state index contributed by atoms with van der Waals surface area (Å²) < 4.78 is 16.8. The number of ether oxygens (including phenoxy) is 3. The summed E-state index contributed by atoms with van der Waals surface area (Å²) in [6, 6.07) is 24.7. The first kappa shape index (κ1) is 30.3. The lowest BCUT2D eigenvalue weighted by molar-refractivity contribution is -0.384. The van der Waals surface area contributed by atoms with Crippen molar-refractivity contribution in [3.8, 4) is 17.2 Å². The summed E-state index contributed by atoms with van der Waals surface area (Å²) in [6.45, 7) is 2.52. The van der Waals surface area contributed by atoms with Gasteiger partial charge < -0.3 is 14.2 Å². The number of rotatable bonds is 10. The van der Waals surface area contributed by atoms with Crippen molar-refractivity contribution in [2.45, 2.75) is 25.5 Å². The SMILES string of the molecule is CCCOc1ccc(N2C(=O)[C@H]3[C@@H](ON(c4cccc([N+](=O)[O-])c4)[C@H]3c3ccc(OC(=O)c4ccccc4)c(OC)c3)C2=O)cc1. The molecule has 3 atom stereocenters. The second-order valence-corrected chi connectivity index (χ2v) is 10.6. The zero-order chi connectivity index (χ0) is 32.4. The average molecular weight is 624 g/mol. The van der Waals surface area contributed by atoms with Crippen LogP contribution in [0.1, 0.15) is 35.3 Å². The molecule has 0 aromatic heterocycles. The van der Waals surface area contributed by atoms with Gasteiger partial charge in [0.05, 0.1) is 41.6 Å². The third-order valence-electron chi connectivity index (χ3n) is 7.72. The summed E-state index contributed by atoms with van der Waals surface area (Å²) in [5, 5.41) is 12.9. The number of hydroxylamine groups is 1. The van der Waals surface area contributed by atoms with E-state index in [1.54, 1.807) is 72.8 Å². The highest BCUT2D eigenvalue weighted by atomic mass is 16.7. The maximum atomic E-state index is 14.1. The van der Waals surface area contributed by atoms with Crippen molar-refractivity contribution in [1.82, 2.24) is 0 Å². The molecule has 0 saturated carbocycles. The number of amides is 2. The van der Waals surface area contributed by atoms with Crippen LogP contribution in [-0.4, -0.2) is 42.5 Å². The van der Waals surface area contributed by atoms with E-state index in [1.165, 1.54) is 36.4 Å². The summed E-state index contributed by atoms with van der Waals surface area (Å²) >= 11 is 0. The number of imide groups is 1. The summed E-state index contributed by atoms with van der Waals surface area (Å²) in [4.78, 5) is 58.9. The van der Waals surface area contributed by atoms with Crippen LogP contribution in [0.3, 0.4) is 0 Å². The highest BCUT2D eigenvalue weighted by Gasteiger charge is 2.60. The summed E-state index contributed by atoms with van der Waals surface area (Å²) in [5.74, 6) is -1.75. The Hall–Kier alpha value is -5.75. The number of nitro groups is 1. The number of hydrogen-bond donors (Lipinski definition) is 0. The van der Waals surface area contributed by atoms with Crippen LogP contribution in [0.2, 0.25) is 0 Å². The van der Waals surface area contributed by atoms with Gasteiger partial charge in [-0.3, -0.25) is 24.5 Å². The van der Waals surface area contributed by atoms with Gasteiger partial charge in [0, 0.05) is 12.1 Å². The Labute approximate surface area is 263 Å². The molecule has 2 amide bonds. The Bertz CT molecular complexity index is 1800. The summed E-state index contributed by atoms with van der Waals surface area (Å²) in [5.41, 5.74) is 1.27. The number of benzene rings is 4. The first-order valence-corrected chi connectivity index (χ1v) is 14.6. The monoisotopic (exact) mass is 623 g/mol. The molecule has 4 aromatic rings. The molecule has 234 valence electrons. The zero-order valence-corrected chi connectivity index (χ0v) is 24.9. The van der Waals surface area contributed by atoms with Crippen molar-refractivity contribution >= 4 is 34.8 Å². The lowest BCUT2D eigenvalue weighted by Gasteiger charge is -2.29. The second kappa shape index (κ2) is 12.7. The van der Waals surface area contributed by atoms with Crippen molar-refractivity contribution in [3.05, 3.63) is 118 Å². The molecule has 0 aliphatic carbocycles. The number of nitrogens with zero attached hydrogens (tertiary/aromatic N) is 3. The molecule has 2 heterocycles. The van der Waals surface area contributed by atoms with Gasteiger partial charge in [-0.15, -0.1) is 0 Å². The molecule has 0 unspecified atom stereocenters. The molecule has 12 heteroatoms. The third-order valence-corrected chi connectivity index (χ3v) is 7.72. The van der Waals surface area contributed by atoms with E-state index in [2.05, 4.69) is 0 Å². The van der Waals surface area contributed by atoms with Gasteiger partial charge in [-0.25, -0.2) is 14.8 Å². The van der Waals surface area contributed by atoms with Gasteiger partial charge >= 0.3 is 5.97 Å². The van der Waals surface area contributed by atoms with Crippen LogP contribution in [0.4, 0.5) is 17.1 Å². The predicted molar refractivity (Wildman–Crippen MR) is 166 cm³/mol. The molecule has 0 N–H and O–H groups in total. The van der Waals surface area contributed by atoms with Crippen molar-refractivity contribution < 1.29 is 38.4 Å². The average Bonchev–Trinajstić information content (AvgIpc) is 3.59. The Balaban J connectivity index is 1.37. The lowest BCUT2D eigenvalue weighted by atomic mass is 9.90. The fourth-order valence-corrected chi connectivity index (χ4v) is 5.57. The minimum absolute atomic E-state index is 0.137. The smallest absolute Gasteiger partial charge is 0.343 e. The van der Waals surface area contributed by atoms with Crippen molar-refractivity contribution in [2.24, 2.45) is 5.92 Å². The molecule has 2 aliphatic rings. The molecule has 46 heavy (non-hydrogen) atoms. The number of carbonyl (C=O) groups is 3. The standard InChI is InChI=1S/C34H29N3O9/c1-3-18-44-26-15-13-23(14-16-26)35-32(38)29-30(36(46-31(29)33(35)39)24-10-7-11-25(20-24)37(41)42)22-12-17-27(28(19-22)43-2)45-34(40)21-8-5-4-6-9-21/h4-17,19-20,29-31H,3,18H2,1-2H3/t29-,30+,31-/m1/s1. The van der Waals surface area contributed by atoms with Gasteiger partial charge in [-0.1, -0.05) is 37.3 Å². The zero-order valence-electron chi connectivity index (χ0n) is 24.9. The van der Waals surface area contributed by atoms with Crippen LogP contribution in [-0.2, 0) is 14.4 Å². The molecule has 6 rings (SSSR count). The Morgan fingerprint density at radius 3 is 2.35 bits per heavy atom. The van der Waals surface area contributed by atoms with E-state index in [4.69, 9.17) is 19.0 Å². The molecule has 0 spiro atoms. The number of methoxy groups -OCH3 is 1. The molecule has 2 saturated heterocycles. The maximum absolute atomic E-state index is 14.1. The highest BCUT2D eigenvalue weighted by Crippen LogP contribution is 2.49.